The smallest absolute Gasteiger partial charge is 0.191 e. The van der Waals surface area contributed by atoms with Crippen LogP contribution in [0.15, 0.2) is 72.0 Å². The average Bonchev–Trinajstić information content (AvgIpc) is 3.32. The van der Waals surface area contributed by atoms with Gasteiger partial charge in [-0.25, -0.2) is 4.68 Å². The number of benzene rings is 2. The number of ether oxygens (including phenoxy) is 1. The number of morpholine rings is 1. The van der Waals surface area contributed by atoms with Crippen molar-refractivity contribution in [1.82, 2.24) is 25.3 Å². The molecule has 2 heterocycles. The van der Waals surface area contributed by atoms with Crippen molar-refractivity contribution in [3.63, 3.8) is 0 Å². The molecule has 1 saturated heterocycles. The molecule has 7 nitrogen and oxygen atoms in total. The highest BCUT2D eigenvalue weighted by Crippen LogP contribution is 2.13. The molecule has 0 bridgehead atoms. The summed E-state index contributed by atoms with van der Waals surface area (Å²) in [6.07, 6.45) is 4.88. The standard InChI is InChI=1S/C25H32N6O/c1-26-25(27-12-11-21-17-29-31(19-21)24-9-3-2-4-10-24)28-18-22-7-5-6-8-23(22)20-30-13-15-32-16-14-30/h2-10,17,19H,11-16,18,20H2,1H3,(H2,26,27,28). The van der Waals surface area contributed by atoms with E-state index in [2.05, 4.69) is 68.2 Å². The van der Waals surface area contributed by atoms with Gasteiger partial charge in [0.05, 0.1) is 25.1 Å². The fraction of sp³-hybridized carbons (Fsp3) is 0.360. The minimum absolute atomic E-state index is 0.742. The van der Waals surface area contributed by atoms with Crippen LogP contribution in [0.2, 0.25) is 0 Å². The first-order valence-corrected chi connectivity index (χ1v) is 11.2. The first kappa shape index (κ1) is 22.0. The number of hydrogen-bond donors (Lipinski definition) is 2. The van der Waals surface area contributed by atoms with Gasteiger partial charge >= 0.3 is 0 Å². The Kier molecular flexibility index (Phi) is 7.89. The molecule has 0 radical (unpaired) electrons. The van der Waals surface area contributed by atoms with E-state index in [1.807, 2.05) is 36.1 Å². The highest BCUT2D eigenvalue weighted by atomic mass is 16.5. The van der Waals surface area contributed by atoms with Gasteiger partial charge in [-0.15, -0.1) is 0 Å². The van der Waals surface area contributed by atoms with Crippen molar-refractivity contribution in [3.05, 3.63) is 83.7 Å². The highest BCUT2D eigenvalue weighted by molar-refractivity contribution is 5.79. The van der Waals surface area contributed by atoms with E-state index in [9.17, 15) is 0 Å². The van der Waals surface area contributed by atoms with E-state index in [-0.39, 0.29) is 0 Å². The zero-order valence-electron chi connectivity index (χ0n) is 18.7. The van der Waals surface area contributed by atoms with Crippen LogP contribution in [0.4, 0.5) is 0 Å². The van der Waals surface area contributed by atoms with E-state index < -0.39 is 0 Å². The summed E-state index contributed by atoms with van der Waals surface area (Å²) in [6.45, 7) is 6.11. The average molecular weight is 433 g/mol. The van der Waals surface area contributed by atoms with Gasteiger partial charge in [0.2, 0.25) is 0 Å². The molecule has 7 heteroatoms. The van der Waals surface area contributed by atoms with Gasteiger partial charge in [-0.1, -0.05) is 42.5 Å². The van der Waals surface area contributed by atoms with Crippen molar-refractivity contribution in [1.29, 1.82) is 0 Å². The second-order valence-corrected chi connectivity index (χ2v) is 7.89. The molecule has 2 N–H and O–H groups in total. The van der Waals surface area contributed by atoms with Crippen LogP contribution in [0.3, 0.4) is 0 Å². The number of hydrogen-bond acceptors (Lipinski definition) is 4. The maximum absolute atomic E-state index is 5.47. The quantitative estimate of drug-likeness (QED) is 0.423. The van der Waals surface area contributed by atoms with Crippen LogP contribution in [0, 0.1) is 0 Å². The molecule has 1 aromatic heterocycles. The van der Waals surface area contributed by atoms with E-state index in [1.165, 1.54) is 16.7 Å². The molecule has 2 aromatic carbocycles. The topological polar surface area (TPSA) is 66.7 Å². The van der Waals surface area contributed by atoms with Gasteiger partial charge in [0.15, 0.2) is 5.96 Å². The number of aliphatic imine (C=N–C) groups is 1. The van der Waals surface area contributed by atoms with Gasteiger partial charge in [0.25, 0.3) is 0 Å². The van der Waals surface area contributed by atoms with E-state index in [4.69, 9.17) is 4.74 Å². The maximum atomic E-state index is 5.47. The summed E-state index contributed by atoms with van der Waals surface area (Å²) in [5.74, 6) is 0.807. The third-order valence-electron chi connectivity index (χ3n) is 5.65. The summed E-state index contributed by atoms with van der Waals surface area (Å²) in [7, 11) is 1.81. The van der Waals surface area contributed by atoms with Crippen molar-refractivity contribution < 1.29 is 4.74 Å². The lowest BCUT2D eigenvalue weighted by Crippen LogP contribution is -2.38. The third kappa shape index (κ3) is 6.18. The molecule has 1 fully saturated rings. The molecular weight excluding hydrogens is 400 g/mol. The number of para-hydroxylation sites is 1. The number of nitrogens with zero attached hydrogens (tertiary/aromatic N) is 4. The molecule has 1 aliphatic rings. The molecule has 0 saturated carbocycles. The number of guanidine groups is 1. The van der Waals surface area contributed by atoms with Gasteiger partial charge in [0.1, 0.15) is 0 Å². The second kappa shape index (κ2) is 11.5. The van der Waals surface area contributed by atoms with Crippen LogP contribution < -0.4 is 10.6 Å². The Morgan fingerprint density at radius 2 is 1.75 bits per heavy atom. The normalized spacial score (nSPS) is 15.0. The SMILES string of the molecule is CN=C(NCCc1cnn(-c2ccccc2)c1)NCc1ccccc1CN1CCOCC1. The summed E-state index contributed by atoms with van der Waals surface area (Å²) < 4.78 is 7.38. The molecule has 0 spiro atoms. The van der Waals surface area contributed by atoms with Gasteiger partial charge in [-0.05, 0) is 35.2 Å². The Bertz CT molecular complexity index is 994. The Balaban J connectivity index is 1.26. The summed E-state index contributed by atoms with van der Waals surface area (Å²) in [6, 6.07) is 18.8. The first-order valence-electron chi connectivity index (χ1n) is 11.2. The van der Waals surface area contributed by atoms with E-state index in [1.54, 1.807) is 0 Å². The largest absolute Gasteiger partial charge is 0.379 e. The molecule has 0 amide bonds. The Morgan fingerprint density at radius 1 is 1.00 bits per heavy atom. The minimum atomic E-state index is 0.742. The van der Waals surface area contributed by atoms with Gasteiger partial charge < -0.3 is 15.4 Å². The number of rotatable bonds is 8. The van der Waals surface area contributed by atoms with E-state index >= 15 is 0 Å². The van der Waals surface area contributed by atoms with Crippen LogP contribution in [-0.4, -0.2) is 60.5 Å². The predicted molar refractivity (Wildman–Crippen MR) is 128 cm³/mol. The molecule has 3 aromatic rings. The summed E-state index contributed by atoms with van der Waals surface area (Å²) in [4.78, 5) is 6.83. The van der Waals surface area contributed by atoms with Crippen molar-refractivity contribution >= 4 is 5.96 Å². The highest BCUT2D eigenvalue weighted by Gasteiger charge is 2.12. The molecule has 0 atom stereocenters. The second-order valence-electron chi connectivity index (χ2n) is 7.89. The fourth-order valence-corrected chi connectivity index (χ4v) is 3.82. The van der Waals surface area contributed by atoms with Crippen LogP contribution in [0.5, 0.6) is 0 Å². The molecule has 1 aliphatic heterocycles. The summed E-state index contributed by atoms with van der Waals surface area (Å²) in [5.41, 5.74) is 4.91. The Hall–Kier alpha value is -3.16. The monoisotopic (exact) mass is 432 g/mol. The molecule has 0 aliphatic carbocycles. The zero-order chi connectivity index (χ0) is 22.0. The minimum Gasteiger partial charge on any atom is -0.379 e. The summed E-state index contributed by atoms with van der Waals surface area (Å²) >= 11 is 0. The van der Waals surface area contributed by atoms with Crippen LogP contribution in [0.1, 0.15) is 16.7 Å². The van der Waals surface area contributed by atoms with Crippen molar-refractivity contribution in [2.75, 3.05) is 39.9 Å². The van der Waals surface area contributed by atoms with E-state index in [0.717, 1.165) is 64.0 Å². The van der Waals surface area contributed by atoms with Crippen LogP contribution in [0.25, 0.3) is 5.69 Å². The number of nitrogens with one attached hydrogen (secondary N) is 2. The van der Waals surface area contributed by atoms with Gasteiger partial charge in [-0.2, -0.15) is 5.10 Å². The van der Waals surface area contributed by atoms with Crippen molar-refractivity contribution in [3.8, 4) is 5.69 Å². The first-order chi connectivity index (χ1) is 15.8. The van der Waals surface area contributed by atoms with Crippen molar-refractivity contribution in [2.24, 2.45) is 4.99 Å². The fourth-order valence-electron chi connectivity index (χ4n) is 3.82. The molecular formula is C25H32N6O. The van der Waals surface area contributed by atoms with Crippen molar-refractivity contribution in [2.45, 2.75) is 19.5 Å². The van der Waals surface area contributed by atoms with Gasteiger partial charge in [-0.3, -0.25) is 9.89 Å². The lowest BCUT2D eigenvalue weighted by Gasteiger charge is -2.27. The summed E-state index contributed by atoms with van der Waals surface area (Å²) in [5, 5.41) is 11.3. The molecule has 0 unspecified atom stereocenters. The lowest BCUT2D eigenvalue weighted by atomic mass is 10.1. The molecule has 4 rings (SSSR count). The zero-order valence-corrected chi connectivity index (χ0v) is 18.7. The van der Waals surface area contributed by atoms with Crippen LogP contribution >= 0.6 is 0 Å². The number of aromatic nitrogens is 2. The Labute approximate surface area is 190 Å². The Morgan fingerprint density at radius 3 is 2.53 bits per heavy atom. The lowest BCUT2D eigenvalue weighted by molar-refractivity contribution is 0.0341. The molecule has 32 heavy (non-hydrogen) atoms. The maximum Gasteiger partial charge on any atom is 0.191 e. The molecule has 168 valence electrons. The van der Waals surface area contributed by atoms with E-state index in [0.29, 0.717) is 0 Å². The van der Waals surface area contributed by atoms with Crippen LogP contribution in [-0.2, 0) is 24.2 Å². The van der Waals surface area contributed by atoms with Gasteiger partial charge in [0, 0.05) is 46.0 Å². The predicted octanol–water partition coefficient (Wildman–Crippen LogP) is 2.61. The third-order valence-corrected chi connectivity index (χ3v) is 5.65.